The van der Waals surface area contributed by atoms with Crippen LogP contribution < -0.4 is 15.4 Å². The summed E-state index contributed by atoms with van der Waals surface area (Å²) in [6, 6.07) is 10.0. The van der Waals surface area contributed by atoms with E-state index in [-0.39, 0.29) is 23.3 Å². The van der Waals surface area contributed by atoms with Gasteiger partial charge >= 0.3 is 0 Å². The van der Waals surface area contributed by atoms with Crippen molar-refractivity contribution in [3.8, 4) is 5.75 Å². The molecule has 0 unspecified atom stereocenters. The normalized spacial score (nSPS) is 21.0. The van der Waals surface area contributed by atoms with Gasteiger partial charge in [0.05, 0.1) is 27.2 Å². The average molecular weight is 492 g/mol. The molecule has 0 aliphatic carbocycles. The number of hydrogen-bond acceptors (Lipinski definition) is 5. The minimum Gasteiger partial charge on any atom is -0.478 e. The van der Waals surface area contributed by atoms with Crippen LogP contribution >= 0.6 is 11.6 Å². The van der Waals surface area contributed by atoms with Crippen molar-refractivity contribution >= 4 is 44.8 Å². The van der Waals surface area contributed by atoms with Crippen LogP contribution in [0.15, 0.2) is 41.3 Å². The Bertz CT molecular complexity index is 1200. The number of nitrogens with zero attached hydrogens (tertiary/aromatic N) is 1. The van der Waals surface area contributed by atoms with Crippen molar-refractivity contribution in [3.05, 3.63) is 47.0 Å². The lowest BCUT2D eigenvalue weighted by atomic mass is 9.99. The molecule has 2 heterocycles. The second-order valence-corrected chi connectivity index (χ2v) is 10.6. The summed E-state index contributed by atoms with van der Waals surface area (Å²) in [5.74, 6) is -0.677. The van der Waals surface area contributed by atoms with Crippen LogP contribution in [0.4, 0.5) is 11.4 Å². The van der Waals surface area contributed by atoms with Crippen LogP contribution in [0.5, 0.6) is 5.75 Å². The van der Waals surface area contributed by atoms with Gasteiger partial charge in [0.2, 0.25) is 15.9 Å². The van der Waals surface area contributed by atoms with E-state index in [4.69, 9.17) is 16.3 Å². The minimum absolute atomic E-state index is 0.0737. The van der Waals surface area contributed by atoms with Gasteiger partial charge in [0.25, 0.3) is 5.91 Å². The molecule has 1 fully saturated rings. The number of hydrogen-bond donors (Lipinski definition) is 2. The molecule has 2 atom stereocenters. The number of benzene rings is 2. The third-order valence-corrected chi connectivity index (χ3v) is 8.31. The van der Waals surface area contributed by atoms with Crippen LogP contribution in [0.1, 0.15) is 31.7 Å². The number of amides is 2. The minimum atomic E-state index is -3.88. The van der Waals surface area contributed by atoms with Crippen LogP contribution in [-0.4, -0.2) is 43.7 Å². The van der Waals surface area contributed by atoms with Gasteiger partial charge < -0.3 is 15.4 Å². The maximum atomic E-state index is 13.5. The molecule has 4 rings (SSSR count). The molecule has 176 valence electrons. The highest BCUT2D eigenvalue weighted by molar-refractivity contribution is 7.89. The topological polar surface area (TPSA) is 105 Å². The number of piperidine rings is 1. The summed E-state index contributed by atoms with van der Waals surface area (Å²) in [7, 11) is -3.88. The smallest absolute Gasteiger partial charge is 0.265 e. The van der Waals surface area contributed by atoms with Crippen molar-refractivity contribution in [2.24, 2.45) is 5.92 Å². The van der Waals surface area contributed by atoms with Gasteiger partial charge in [0, 0.05) is 19.2 Å². The van der Waals surface area contributed by atoms with Gasteiger partial charge in [-0.1, -0.05) is 30.7 Å². The van der Waals surface area contributed by atoms with Crippen LogP contribution in [0.3, 0.4) is 0 Å². The molecule has 2 N–H and O–H groups in total. The van der Waals surface area contributed by atoms with E-state index in [0.29, 0.717) is 53.5 Å². The quantitative estimate of drug-likeness (QED) is 0.662. The number of ether oxygens (including phenoxy) is 1. The molecular formula is C23H26ClN3O5S. The van der Waals surface area contributed by atoms with Gasteiger partial charge in [0.1, 0.15) is 5.75 Å². The molecule has 0 spiro atoms. The standard InChI is InChI=1S/C23H26ClN3O5S/c1-3-19-23(29)26-18-11-14(2)21(12-20(18)32-19)33(30,31)27-10-6-7-15(13-27)22(28)25-17-9-5-4-8-16(17)24/h4-5,8-9,11-12,15,19H,3,6-7,10,13H2,1-2H3,(H,25,28)(H,26,29)/t15-,19+/m1/s1. The number of carbonyl (C=O) groups excluding carboxylic acids is 2. The fourth-order valence-corrected chi connectivity index (χ4v) is 6.07. The van der Waals surface area contributed by atoms with Crippen molar-refractivity contribution in [2.75, 3.05) is 23.7 Å². The summed E-state index contributed by atoms with van der Waals surface area (Å²) in [5, 5.41) is 6.00. The maximum Gasteiger partial charge on any atom is 0.265 e. The summed E-state index contributed by atoms with van der Waals surface area (Å²) in [6.07, 6.45) is 0.950. The molecule has 2 aliphatic heterocycles. The molecule has 0 bridgehead atoms. The molecular weight excluding hydrogens is 466 g/mol. The van der Waals surface area contributed by atoms with E-state index in [1.807, 2.05) is 6.92 Å². The molecule has 2 aliphatic rings. The lowest BCUT2D eigenvalue weighted by molar-refractivity contribution is -0.123. The number of aryl methyl sites for hydroxylation is 1. The van der Waals surface area contributed by atoms with Gasteiger partial charge in [-0.15, -0.1) is 0 Å². The zero-order chi connectivity index (χ0) is 23.8. The predicted octanol–water partition coefficient (Wildman–Crippen LogP) is 3.80. The first kappa shape index (κ1) is 23.5. The Morgan fingerprint density at radius 3 is 2.79 bits per heavy atom. The molecule has 2 amide bonds. The number of fused-ring (bicyclic) bond motifs is 1. The van der Waals surface area contributed by atoms with Gasteiger partial charge in [0.15, 0.2) is 6.10 Å². The Morgan fingerprint density at radius 2 is 2.06 bits per heavy atom. The van der Waals surface area contributed by atoms with Crippen molar-refractivity contribution < 1.29 is 22.7 Å². The fourth-order valence-electron chi connectivity index (χ4n) is 4.14. The highest BCUT2D eigenvalue weighted by Crippen LogP contribution is 2.36. The monoisotopic (exact) mass is 491 g/mol. The highest BCUT2D eigenvalue weighted by atomic mass is 35.5. The third kappa shape index (κ3) is 4.71. The molecule has 33 heavy (non-hydrogen) atoms. The molecule has 2 aromatic rings. The maximum absolute atomic E-state index is 13.5. The summed E-state index contributed by atoms with van der Waals surface area (Å²) in [6.45, 7) is 3.90. The summed E-state index contributed by atoms with van der Waals surface area (Å²) in [5.41, 5.74) is 1.45. The number of anilines is 2. The van der Waals surface area contributed by atoms with E-state index >= 15 is 0 Å². The SMILES string of the molecule is CC[C@@H]1Oc2cc(S(=O)(=O)N3CCC[C@@H](C(=O)Nc4ccccc4Cl)C3)c(C)cc2NC1=O. The Labute approximate surface area is 198 Å². The molecule has 8 nitrogen and oxygen atoms in total. The van der Waals surface area contributed by atoms with E-state index < -0.39 is 22.0 Å². The Hall–Kier alpha value is -2.62. The first-order chi connectivity index (χ1) is 15.7. The van der Waals surface area contributed by atoms with E-state index in [2.05, 4.69) is 10.6 Å². The molecule has 1 saturated heterocycles. The van der Waals surface area contributed by atoms with Crippen molar-refractivity contribution in [1.29, 1.82) is 0 Å². The summed E-state index contributed by atoms with van der Waals surface area (Å²) >= 11 is 6.13. The van der Waals surface area contributed by atoms with E-state index in [0.717, 1.165) is 0 Å². The second-order valence-electron chi connectivity index (χ2n) is 8.29. The molecule has 2 aromatic carbocycles. The first-order valence-corrected chi connectivity index (χ1v) is 12.7. The van der Waals surface area contributed by atoms with Crippen LogP contribution in [0.2, 0.25) is 5.02 Å². The molecule has 0 saturated carbocycles. The van der Waals surface area contributed by atoms with Gasteiger partial charge in [-0.3, -0.25) is 9.59 Å². The zero-order valence-electron chi connectivity index (χ0n) is 18.4. The van der Waals surface area contributed by atoms with Crippen molar-refractivity contribution in [2.45, 2.75) is 44.1 Å². The molecule has 0 radical (unpaired) electrons. The first-order valence-electron chi connectivity index (χ1n) is 10.9. The highest BCUT2D eigenvalue weighted by Gasteiger charge is 2.36. The van der Waals surface area contributed by atoms with E-state index in [1.165, 1.54) is 10.4 Å². The lowest BCUT2D eigenvalue weighted by Gasteiger charge is -2.32. The van der Waals surface area contributed by atoms with Gasteiger partial charge in [-0.25, -0.2) is 8.42 Å². The predicted molar refractivity (Wildman–Crippen MR) is 126 cm³/mol. The Balaban J connectivity index is 1.55. The number of para-hydroxylation sites is 1. The Kier molecular flexibility index (Phi) is 6.65. The second kappa shape index (κ2) is 9.32. The summed E-state index contributed by atoms with van der Waals surface area (Å²) in [4.78, 5) is 25.0. The largest absolute Gasteiger partial charge is 0.478 e. The van der Waals surface area contributed by atoms with E-state index in [1.54, 1.807) is 37.3 Å². The van der Waals surface area contributed by atoms with Crippen LogP contribution in [0, 0.1) is 12.8 Å². The number of carbonyl (C=O) groups is 2. The average Bonchev–Trinajstić information content (AvgIpc) is 2.79. The Morgan fingerprint density at radius 1 is 1.30 bits per heavy atom. The number of sulfonamides is 1. The zero-order valence-corrected chi connectivity index (χ0v) is 20.0. The number of nitrogens with one attached hydrogen (secondary N) is 2. The molecule has 10 heteroatoms. The van der Waals surface area contributed by atoms with Crippen molar-refractivity contribution in [3.63, 3.8) is 0 Å². The van der Waals surface area contributed by atoms with Gasteiger partial charge in [-0.05, 0) is 49.9 Å². The molecule has 0 aromatic heterocycles. The number of rotatable bonds is 5. The van der Waals surface area contributed by atoms with Crippen molar-refractivity contribution in [1.82, 2.24) is 4.31 Å². The van der Waals surface area contributed by atoms with Crippen LogP contribution in [0.25, 0.3) is 0 Å². The fraction of sp³-hybridized carbons (Fsp3) is 0.391. The summed E-state index contributed by atoms with van der Waals surface area (Å²) < 4.78 is 34.1. The lowest BCUT2D eigenvalue weighted by Crippen LogP contribution is -2.44. The van der Waals surface area contributed by atoms with Crippen LogP contribution in [-0.2, 0) is 19.6 Å². The van der Waals surface area contributed by atoms with Gasteiger partial charge in [-0.2, -0.15) is 4.31 Å². The van der Waals surface area contributed by atoms with E-state index in [9.17, 15) is 18.0 Å². The third-order valence-electron chi connectivity index (χ3n) is 5.97. The number of halogens is 1.